The van der Waals surface area contributed by atoms with Crippen molar-refractivity contribution < 1.29 is 19.1 Å². The van der Waals surface area contributed by atoms with Crippen LogP contribution in [0.1, 0.15) is 136 Å². The van der Waals surface area contributed by atoms with Crippen LogP contribution in [0.2, 0.25) is 0 Å². The van der Waals surface area contributed by atoms with Crippen LogP contribution in [0, 0.1) is 0 Å². The summed E-state index contributed by atoms with van der Waals surface area (Å²) in [5.74, 6) is -0.933. The van der Waals surface area contributed by atoms with Gasteiger partial charge >= 0.3 is 11.9 Å². The van der Waals surface area contributed by atoms with Crippen LogP contribution < -0.4 is 0 Å². The minimum atomic E-state index is -0.467. The second-order valence-electron chi connectivity index (χ2n) is 8.84. The van der Waals surface area contributed by atoms with Crippen LogP contribution in [0.4, 0.5) is 0 Å². The maximum Gasteiger partial charge on any atom is 0.331 e. The van der Waals surface area contributed by atoms with Crippen molar-refractivity contribution in [2.24, 2.45) is 0 Å². The van der Waals surface area contributed by atoms with E-state index in [0.717, 1.165) is 25.7 Å². The van der Waals surface area contributed by atoms with E-state index in [9.17, 15) is 9.59 Å². The van der Waals surface area contributed by atoms with E-state index in [1.54, 1.807) is 0 Å². The fraction of sp³-hybridized carbons (Fsp3) is 0.852. The molecule has 4 nitrogen and oxygen atoms in total. The Hall–Kier alpha value is -1.32. The van der Waals surface area contributed by atoms with Gasteiger partial charge in [-0.1, -0.05) is 110 Å². The Labute approximate surface area is 192 Å². The third-order valence-electron chi connectivity index (χ3n) is 5.63. The van der Waals surface area contributed by atoms with Crippen LogP contribution in [0.25, 0.3) is 0 Å². The van der Waals surface area contributed by atoms with Crippen LogP contribution in [0.3, 0.4) is 0 Å². The smallest absolute Gasteiger partial charge is 0.331 e. The van der Waals surface area contributed by atoms with E-state index in [0.29, 0.717) is 6.61 Å². The van der Waals surface area contributed by atoms with Crippen LogP contribution in [0.5, 0.6) is 0 Å². The maximum atomic E-state index is 11.8. The van der Waals surface area contributed by atoms with Gasteiger partial charge in [0.1, 0.15) is 0 Å². The third-order valence-corrected chi connectivity index (χ3v) is 5.63. The first-order chi connectivity index (χ1) is 15.1. The molecule has 0 fully saturated rings. The van der Waals surface area contributed by atoms with Crippen LogP contribution in [-0.4, -0.2) is 24.6 Å². The molecule has 0 saturated carbocycles. The number of ether oxygens (including phenoxy) is 2. The lowest BCUT2D eigenvalue weighted by Crippen LogP contribution is -2.13. The van der Waals surface area contributed by atoms with E-state index in [4.69, 9.17) is 9.47 Å². The van der Waals surface area contributed by atoms with Crippen molar-refractivity contribution in [1.82, 2.24) is 0 Å². The number of carbonyl (C=O) groups is 2. The molecular formula is C27H50O4. The SMILES string of the molecule is CCCCCCCCCCCCCOC(=O)/C=C/C(=O)OC(C)CCCCCCCC. The van der Waals surface area contributed by atoms with Crippen molar-refractivity contribution in [2.45, 2.75) is 142 Å². The maximum absolute atomic E-state index is 11.8. The van der Waals surface area contributed by atoms with E-state index in [2.05, 4.69) is 13.8 Å². The molecule has 0 saturated heterocycles. The van der Waals surface area contributed by atoms with Gasteiger partial charge in [0.2, 0.25) is 0 Å². The molecule has 4 heteroatoms. The molecule has 182 valence electrons. The van der Waals surface area contributed by atoms with E-state index < -0.39 is 11.9 Å². The fourth-order valence-electron chi connectivity index (χ4n) is 3.63. The first kappa shape index (κ1) is 29.7. The minimum Gasteiger partial charge on any atom is -0.463 e. The summed E-state index contributed by atoms with van der Waals surface area (Å²) in [4.78, 5) is 23.5. The predicted molar refractivity (Wildman–Crippen MR) is 130 cm³/mol. The molecular weight excluding hydrogens is 388 g/mol. The number of hydrogen-bond donors (Lipinski definition) is 0. The molecule has 0 amide bonds. The standard InChI is InChI=1S/C27H50O4/c1-4-6-8-10-12-13-14-15-16-18-20-24-30-26(28)22-23-27(29)31-25(3)21-19-17-11-9-7-5-2/h22-23,25H,4-21,24H2,1-3H3/b23-22+. The summed E-state index contributed by atoms with van der Waals surface area (Å²) < 4.78 is 10.5. The number of unbranched alkanes of at least 4 members (excludes halogenated alkanes) is 15. The molecule has 0 aromatic heterocycles. The second kappa shape index (κ2) is 23.3. The Kier molecular flexibility index (Phi) is 22.4. The molecule has 0 bridgehead atoms. The molecule has 0 aromatic carbocycles. The largest absolute Gasteiger partial charge is 0.463 e. The molecule has 0 aromatic rings. The second-order valence-corrected chi connectivity index (χ2v) is 8.84. The van der Waals surface area contributed by atoms with Gasteiger partial charge in [-0.05, 0) is 26.2 Å². The highest BCUT2D eigenvalue weighted by Crippen LogP contribution is 2.12. The Bertz CT molecular complexity index is 445. The van der Waals surface area contributed by atoms with Gasteiger partial charge in [-0.2, -0.15) is 0 Å². The van der Waals surface area contributed by atoms with Gasteiger partial charge in [-0.3, -0.25) is 0 Å². The average molecular weight is 439 g/mol. The molecule has 0 aliphatic heterocycles. The van der Waals surface area contributed by atoms with Crippen molar-refractivity contribution in [3.63, 3.8) is 0 Å². The quantitative estimate of drug-likeness (QED) is 0.0973. The van der Waals surface area contributed by atoms with Crippen LogP contribution >= 0.6 is 0 Å². The molecule has 1 unspecified atom stereocenters. The monoisotopic (exact) mass is 438 g/mol. The third kappa shape index (κ3) is 23.2. The van der Waals surface area contributed by atoms with E-state index >= 15 is 0 Å². The summed E-state index contributed by atoms with van der Waals surface area (Å²) in [6.07, 6.45) is 24.4. The number of hydrogen-bond acceptors (Lipinski definition) is 4. The topological polar surface area (TPSA) is 52.6 Å². The molecule has 0 aliphatic carbocycles. The zero-order valence-corrected chi connectivity index (χ0v) is 20.8. The Morgan fingerprint density at radius 1 is 0.613 bits per heavy atom. The van der Waals surface area contributed by atoms with Crippen molar-refractivity contribution >= 4 is 11.9 Å². The molecule has 0 radical (unpaired) electrons. The highest BCUT2D eigenvalue weighted by atomic mass is 16.5. The van der Waals surface area contributed by atoms with Crippen molar-refractivity contribution in [1.29, 1.82) is 0 Å². The molecule has 0 heterocycles. The van der Waals surface area contributed by atoms with Crippen molar-refractivity contribution in [2.75, 3.05) is 6.61 Å². The number of esters is 2. The van der Waals surface area contributed by atoms with Gasteiger partial charge in [-0.15, -0.1) is 0 Å². The van der Waals surface area contributed by atoms with Gasteiger partial charge in [0, 0.05) is 12.2 Å². The van der Waals surface area contributed by atoms with E-state index in [1.807, 2.05) is 6.92 Å². The van der Waals surface area contributed by atoms with E-state index in [1.165, 1.54) is 102 Å². The normalized spacial score (nSPS) is 12.2. The molecule has 0 N–H and O–H groups in total. The fourth-order valence-corrected chi connectivity index (χ4v) is 3.63. The van der Waals surface area contributed by atoms with Crippen molar-refractivity contribution in [3.05, 3.63) is 12.2 Å². The highest BCUT2D eigenvalue weighted by Gasteiger charge is 2.07. The van der Waals surface area contributed by atoms with E-state index in [-0.39, 0.29) is 6.10 Å². The molecule has 31 heavy (non-hydrogen) atoms. The predicted octanol–water partition coefficient (Wildman–Crippen LogP) is 8.08. The molecule has 0 spiro atoms. The van der Waals surface area contributed by atoms with Gasteiger partial charge in [0.15, 0.2) is 0 Å². The highest BCUT2D eigenvalue weighted by molar-refractivity contribution is 5.91. The van der Waals surface area contributed by atoms with Crippen LogP contribution in [-0.2, 0) is 19.1 Å². The lowest BCUT2D eigenvalue weighted by atomic mass is 10.1. The number of carbonyl (C=O) groups excluding carboxylic acids is 2. The summed E-state index contributed by atoms with van der Waals surface area (Å²) in [5.41, 5.74) is 0. The first-order valence-electron chi connectivity index (χ1n) is 13.2. The van der Waals surface area contributed by atoms with Gasteiger partial charge < -0.3 is 9.47 Å². The molecule has 0 aliphatic rings. The molecule has 1 atom stereocenters. The Morgan fingerprint density at radius 3 is 1.55 bits per heavy atom. The summed E-state index contributed by atoms with van der Waals surface area (Å²) in [6, 6.07) is 0. The minimum absolute atomic E-state index is 0.115. The van der Waals surface area contributed by atoms with Gasteiger partial charge in [-0.25, -0.2) is 9.59 Å². The van der Waals surface area contributed by atoms with Crippen molar-refractivity contribution in [3.8, 4) is 0 Å². The average Bonchev–Trinajstić information content (AvgIpc) is 2.75. The zero-order chi connectivity index (χ0) is 23.0. The Morgan fingerprint density at radius 2 is 1.03 bits per heavy atom. The number of rotatable bonds is 22. The summed E-state index contributed by atoms with van der Waals surface area (Å²) >= 11 is 0. The van der Waals surface area contributed by atoms with Gasteiger partial charge in [0.05, 0.1) is 12.7 Å². The van der Waals surface area contributed by atoms with Gasteiger partial charge in [0.25, 0.3) is 0 Å². The zero-order valence-electron chi connectivity index (χ0n) is 20.8. The summed E-state index contributed by atoms with van der Waals surface area (Å²) in [5, 5.41) is 0. The summed E-state index contributed by atoms with van der Waals surface area (Å²) in [6.45, 7) is 6.79. The first-order valence-corrected chi connectivity index (χ1v) is 13.2. The molecule has 0 rings (SSSR count). The van der Waals surface area contributed by atoms with Crippen LogP contribution in [0.15, 0.2) is 12.2 Å². The lowest BCUT2D eigenvalue weighted by Gasteiger charge is -2.11. The Balaban J connectivity index is 3.54. The lowest BCUT2D eigenvalue weighted by molar-refractivity contribution is -0.143. The summed E-state index contributed by atoms with van der Waals surface area (Å²) in [7, 11) is 0.